The highest BCUT2D eigenvalue weighted by molar-refractivity contribution is 5.91. The summed E-state index contributed by atoms with van der Waals surface area (Å²) in [4.78, 5) is 38.8. The Bertz CT molecular complexity index is 888. The zero-order chi connectivity index (χ0) is 21.3. The Morgan fingerprint density at radius 3 is 2.53 bits per heavy atom. The van der Waals surface area contributed by atoms with Gasteiger partial charge >= 0.3 is 0 Å². The van der Waals surface area contributed by atoms with Gasteiger partial charge in [0.05, 0.1) is 25.8 Å². The SMILES string of the molecule is COc1ccccc1NCC(=O)NNC(=O)C1CCCN1C(=O)Cc1ccccc1. The molecule has 3 amide bonds. The van der Waals surface area contributed by atoms with E-state index in [0.717, 1.165) is 12.0 Å². The van der Waals surface area contributed by atoms with Crippen molar-refractivity contribution in [2.75, 3.05) is 25.5 Å². The molecule has 1 aliphatic rings. The van der Waals surface area contributed by atoms with Crippen LogP contribution in [0.15, 0.2) is 54.6 Å². The second-order valence-corrected chi connectivity index (χ2v) is 7.00. The fraction of sp³-hybridized carbons (Fsp3) is 0.318. The molecular weight excluding hydrogens is 384 g/mol. The molecule has 1 aliphatic heterocycles. The lowest BCUT2D eigenvalue weighted by Gasteiger charge is -2.24. The number of ether oxygens (including phenoxy) is 1. The first-order chi connectivity index (χ1) is 14.6. The Labute approximate surface area is 175 Å². The maximum absolute atomic E-state index is 12.6. The van der Waals surface area contributed by atoms with Gasteiger partial charge in [-0.3, -0.25) is 25.2 Å². The number of nitrogens with zero attached hydrogens (tertiary/aromatic N) is 1. The van der Waals surface area contributed by atoms with Crippen molar-refractivity contribution in [3.63, 3.8) is 0 Å². The summed E-state index contributed by atoms with van der Waals surface area (Å²) in [6.07, 6.45) is 1.57. The van der Waals surface area contributed by atoms with E-state index in [4.69, 9.17) is 4.74 Å². The largest absolute Gasteiger partial charge is 0.495 e. The standard InChI is InChI=1S/C22H26N4O4/c1-30-19-12-6-5-10-17(19)23-15-20(27)24-25-22(29)18-11-7-13-26(18)21(28)14-16-8-3-2-4-9-16/h2-6,8-10,12,18,23H,7,11,13-15H2,1H3,(H,24,27)(H,25,29). The van der Waals surface area contributed by atoms with Crippen LogP contribution in [0.4, 0.5) is 5.69 Å². The summed E-state index contributed by atoms with van der Waals surface area (Å²) in [5.41, 5.74) is 6.41. The second kappa shape index (κ2) is 10.3. The molecular formula is C22H26N4O4. The lowest BCUT2D eigenvalue weighted by Crippen LogP contribution is -2.52. The highest BCUT2D eigenvalue weighted by Crippen LogP contribution is 2.22. The van der Waals surface area contributed by atoms with Gasteiger partial charge in [0.25, 0.3) is 11.8 Å². The van der Waals surface area contributed by atoms with Crippen LogP contribution < -0.4 is 20.9 Å². The molecule has 1 unspecified atom stereocenters. The van der Waals surface area contributed by atoms with Crippen molar-refractivity contribution in [1.82, 2.24) is 15.8 Å². The van der Waals surface area contributed by atoms with Crippen LogP contribution in [0.5, 0.6) is 5.75 Å². The number of hydrazine groups is 1. The Kier molecular flexibility index (Phi) is 7.26. The maximum atomic E-state index is 12.6. The van der Waals surface area contributed by atoms with Gasteiger partial charge in [0.15, 0.2) is 0 Å². The predicted octanol–water partition coefficient (Wildman–Crippen LogP) is 1.49. The van der Waals surface area contributed by atoms with Gasteiger partial charge in [-0.2, -0.15) is 0 Å². The molecule has 3 rings (SSSR count). The molecule has 1 fully saturated rings. The molecule has 0 bridgehead atoms. The third-order valence-electron chi connectivity index (χ3n) is 4.95. The first-order valence-electron chi connectivity index (χ1n) is 9.87. The summed E-state index contributed by atoms with van der Waals surface area (Å²) < 4.78 is 5.22. The van der Waals surface area contributed by atoms with E-state index in [1.54, 1.807) is 24.1 Å². The zero-order valence-electron chi connectivity index (χ0n) is 16.9. The van der Waals surface area contributed by atoms with Crippen LogP contribution in [0, 0.1) is 0 Å². The minimum Gasteiger partial charge on any atom is -0.495 e. The summed E-state index contributed by atoms with van der Waals surface area (Å²) in [5, 5.41) is 2.96. The molecule has 1 atom stereocenters. The smallest absolute Gasteiger partial charge is 0.261 e. The molecule has 2 aromatic rings. The molecule has 3 N–H and O–H groups in total. The van der Waals surface area contributed by atoms with Crippen LogP contribution in [-0.4, -0.2) is 48.9 Å². The predicted molar refractivity (Wildman–Crippen MR) is 113 cm³/mol. The van der Waals surface area contributed by atoms with Crippen molar-refractivity contribution in [3.05, 3.63) is 60.2 Å². The van der Waals surface area contributed by atoms with E-state index in [9.17, 15) is 14.4 Å². The molecule has 0 spiro atoms. The molecule has 1 saturated heterocycles. The summed E-state index contributed by atoms with van der Waals surface area (Å²) in [7, 11) is 1.55. The number of carbonyl (C=O) groups is 3. The minimum atomic E-state index is -0.580. The number of para-hydroxylation sites is 2. The van der Waals surface area contributed by atoms with Crippen molar-refractivity contribution in [3.8, 4) is 5.75 Å². The fourth-order valence-electron chi connectivity index (χ4n) is 3.43. The van der Waals surface area contributed by atoms with Gasteiger partial charge < -0.3 is 15.0 Å². The number of anilines is 1. The van der Waals surface area contributed by atoms with Crippen LogP contribution in [0.25, 0.3) is 0 Å². The fourth-order valence-corrected chi connectivity index (χ4v) is 3.43. The van der Waals surface area contributed by atoms with Crippen molar-refractivity contribution in [2.24, 2.45) is 0 Å². The van der Waals surface area contributed by atoms with Gasteiger partial charge in [-0.15, -0.1) is 0 Å². The van der Waals surface area contributed by atoms with Crippen molar-refractivity contribution >= 4 is 23.4 Å². The van der Waals surface area contributed by atoms with E-state index in [1.807, 2.05) is 42.5 Å². The average Bonchev–Trinajstić information content (AvgIpc) is 3.27. The number of likely N-dealkylation sites (tertiary alicyclic amines) is 1. The normalized spacial score (nSPS) is 15.4. The number of amides is 3. The zero-order valence-corrected chi connectivity index (χ0v) is 16.9. The number of nitrogens with one attached hydrogen (secondary N) is 3. The molecule has 2 aromatic carbocycles. The number of carbonyl (C=O) groups excluding carboxylic acids is 3. The van der Waals surface area contributed by atoms with Crippen LogP contribution in [0.3, 0.4) is 0 Å². The molecule has 0 radical (unpaired) electrons. The van der Waals surface area contributed by atoms with E-state index in [2.05, 4.69) is 16.2 Å². The molecule has 8 heteroatoms. The van der Waals surface area contributed by atoms with Crippen molar-refractivity contribution in [2.45, 2.75) is 25.3 Å². The van der Waals surface area contributed by atoms with E-state index in [1.165, 1.54) is 0 Å². The average molecular weight is 410 g/mol. The molecule has 8 nitrogen and oxygen atoms in total. The van der Waals surface area contributed by atoms with Gasteiger partial charge in [-0.05, 0) is 30.5 Å². The highest BCUT2D eigenvalue weighted by Gasteiger charge is 2.34. The van der Waals surface area contributed by atoms with E-state index in [0.29, 0.717) is 24.4 Å². The van der Waals surface area contributed by atoms with Crippen LogP contribution >= 0.6 is 0 Å². The van der Waals surface area contributed by atoms with Crippen molar-refractivity contribution < 1.29 is 19.1 Å². The number of hydrogen-bond donors (Lipinski definition) is 3. The van der Waals surface area contributed by atoms with Crippen molar-refractivity contribution in [1.29, 1.82) is 0 Å². The molecule has 158 valence electrons. The number of rotatable bonds is 7. The Hall–Kier alpha value is -3.55. The first-order valence-corrected chi connectivity index (χ1v) is 9.87. The first kappa shape index (κ1) is 21.2. The molecule has 0 saturated carbocycles. The molecule has 1 heterocycles. The minimum absolute atomic E-state index is 0.0397. The lowest BCUT2D eigenvalue weighted by atomic mass is 10.1. The van der Waals surface area contributed by atoms with Gasteiger partial charge in [-0.1, -0.05) is 42.5 Å². The summed E-state index contributed by atoms with van der Waals surface area (Å²) in [5.74, 6) is -0.273. The Morgan fingerprint density at radius 2 is 1.77 bits per heavy atom. The van der Waals surface area contributed by atoms with Gasteiger partial charge in [0.2, 0.25) is 5.91 Å². The molecule has 0 aromatic heterocycles. The van der Waals surface area contributed by atoms with Gasteiger partial charge in [0, 0.05) is 6.54 Å². The lowest BCUT2D eigenvalue weighted by molar-refractivity contribution is -0.139. The monoisotopic (exact) mass is 410 g/mol. The second-order valence-electron chi connectivity index (χ2n) is 7.00. The van der Waals surface area contributed by atoms with Gasteiger partial charge in [0.1, 0.15) is 11.8 Å². The highest BCUT2D eigenvalue weighted by atomic mass is 16.5. The van der Waals surface area contributed by atoms with E-state index < -0.39 is 11.9 Å². The molecule has 30 heavy (non-hydrogen) atoms. The third-order valence-corrected chi connectivity index (χ3v) is 4.95. The third kappa shape index (κ3) is 5.50. The maximum Gasteiger partial charge on any atom is 0.261 e. The number of hydrogen-bond acceptors (Lipinski definition) is 5. The summed E-state index contributed by atoms with van der Waals surface area (Å²) in [6, 6.07) is 16.1. The van der Waals surface area contributed by atoms with Crippen LogP contribution in [0.1, 0.15) is 18.4 Å². The number of methoxy groups -OCH3 is 1. The van der Waals surface area contributed by atoms with Gasteiger partial charge in [-0.25, -0.2) is 0 Å². The number of benzene rings is 2. The van der Waals surface area contributed by atoms with E-state index >= 15 is 0 Å². The Balaban J connectivity index is 1.47. The quantitative estimate of drug-likeness (QED) is 0.601. The van der Waals surface area contributed by atoms with E-state index in [-0.39, 0.29) is 24.8 Å². The van der Waals surface area contributed by atoms with Crippen LogP contribution in [-0.2, 0) is 20.8 Å². The summed E-state index contributed by atoms with van der Waals surface area (Å²) >= 11 is 0. The molecule has 0 aliphatic carbocycles. The van der Waals surface area contributed by atoms with Crippen LogP contribution in [0.2, 0.25) is 0 Å². The topological polar surface area (TPSA) is 99.8 Å². The Morgan fingerprint density at radius 1 is 1.03 bits per heavy atom. The summed E-state index contributed by atoms with van der Waals surface area (Å²) in [6.45, 7) is 0.495.